The molecule has 0 saturated carbocycles. The average molecular weight is 571 g/mol. The number of rotatable bonds is 14. The third kappa shape index (κ3) is 7.75. The van der Waals surface area contributed by atoms with Crippen molar-refractivity contribution in [2.24, 2.45) is 0 Å². The number of benzene rings is 3. The van der Waals surface area contributed by atoms with E-state index in [0.717, 1.165) is 33.4 Å². The van der Waals surface area contributed by atoms with Crippen molar-refractivity contribution in [1.29, 1.82) is 0 Å². The van der Waals surface area contributed by atoms with Crippen molar-refractivity contribution in [3.63, 3.8) is 0 Å². The van der Waals surface area contributed by atoms with Crippen LogP contribution in [0, 0.1) is 13.8 Å². The summed E-state index contributed by atoms with van der Waals surface area (Å²) in [5, 5.41) is 9.09. The van der Waals surface area contributed by atoms with Crippen molar-refractivity contribution in [2.75, 3.05) is 31.4 Å². The predicted octanol–water partition coefficient (Wildman–Crippen LogP) is 6.04. The maximum atomic E-state index is 12.3. The standard InChI is InChI=1S/C31H35FO7S/c1-21-14-27(37-11-5-13-40(35,36)12-4-10-32)15-22(2)31(21)24-7-3-6-23(16-24)19-38-26-8-9-28-25(17-30(33)34)20-39-29(28)18-26/h3,6-9,14-16,18,25H,4-5,10-13,17,19-20H2,1-2H3,(H,33,34)/t25-/m1/s1. The van der Waals surface area contributed by atoms with Gasteiger partial charge in [0.15, 0.2) is 9.84 Å². The summed E-state index contributed by atoms with van der Waals surface area (Å²) in [7, 11) is -3.25. The van der Waals surface area contributed by atoms with Gasteiger partial charge in [-0.2, -0.15) is 0 Å². The van der Waals surface area contributed by atoms with E-state index in [0.29, 0.717) is 36.9 Å². The van der Waals surface area contributed by atoms with Gasteiger partial charge in [-0.05, 0) is 78.8 Å². The molecule has 0 bridgehead atoms. The zero-order chi connectivity index (χ0) is 28.7. The second-order valence-electron chi connectivity index (χ2n) is 10.1. The summed E-state index contributed by atoms with van der Waals surface area (Å²) in [6.45, 7) is 4.40. The van der Waals surface area contributed by atoms with E-state index in [1.165, 1.54) is 0 Å². The first-order valence-corrected chi connectivity index (χ1v) is 15.2. The van der Waals surface area contributed by atoms with Crippen molar-refractivity contribution in [2.45, 2.75) is 45.6 Å². The molecular formula is C31H35FO7S. The molecule has 0 radical (unpaired) electrons. The normalized spacial score (nSPS) is 14.4. The van der Waals surface area contributed by atoms with Crippen LogP contribution >= 0.6 is 0 Å². The van der Waals surface area contributed by atoms with Gasteiger partial charge in [0.1, 0.15) is 23.9 Å². The van der Waals surface area contributed by atoms with Crippen LogP contribution < -0.4 is 14.2 Å². The second-order valence-corrected chi connectivity index (χ2v) is 12.4. The third-order valence-electron chi connectivity index (χ3n) is 6.87. The Balaban J connectivity index is 1.37. The minimum absolute atomic E-state index is 0.0123. The molecule has 0 fully saturated rings. The first-order chi connectivity index (χ1) is 19.1. The van der Waals surface area contributed by atoms with Crippen molar-refractivity contribution in [3.05, 3.63) is 76.9 Å². The Labute approximate surface area is 234 Å². The number of alkyl halides is 1. The summed E-state index contributed by atoms with van der Waals surface area (Å²) >= 11 is 0. The molecule has 1 aliphatic heterocycles. The number of hydrogen-bond donors (Lipinski definition) is 1. The molecule has 0 spiro atoms. The van der Waals surface area contributed by atoms with Gasteiger partial charge >= 0.3 is 5.97 Å². The van der Waals surface area contributed by atoms with Crippen LogP contribution in [0.3, 0.4) is 0 Å². The molecule has 40 heavy (non-hydrogen) atoms. The predicted molar refractivity (Wildman–Crippen MR) is 152 cm³/mol. The van der Waals surface area contributed by atoms with Crippen LogP contribution in [-0.4, -0.2) is 50.9 Å². The zero-order valence-electron chi connectivity index (χ0n) is 22.8. The SMILES string of the molecule is Cc1cc(OCCCS(=O)(=O)CCCF)cc(C)c1-c1cccc(COc2ccc3c(c2)OC[C@H]3CC(=O)O)c1. The lowest BCUT2D eigenvalue weighted by Crippen LogP contribution is -2.14. The van der Waals surface area contributed by atoms with Crippen LogP contribution in [0.5, 0.6) is 17.2 Å². The second kappa shape index (κ2) is 13.2. The molecule has 4 rings (SSSR count). The Morgan fingerprint density at radius 3 is 2.48 bits per heavy atom. The topological polar surface area (TPSA) is 99.1 Å². The molecule has 3 aromatic carbocycles. The highest BCUT2D eigenvalue weighted by Crippen LogP contribution is 2.38. The summed E-state index contributed by atoms with van der Waals surface area (Å²) in [4.78, 5) is 11.1. The number of carbonyl (C=O) groups is 1. The number of aliphatic carboxylic acids is 1. The first-order valence-electron chi connectivity index (χ1n) is 13.4. The molecule has 0 aromatic heterocycles. The van der Waals surface area contributed by atoms with Gasteiger partial charge in [0.2, 0.25) is 0 Å². The first kappa shape index (κ1) is 29.4. The van der Waals surface area contributed by atoms with Crippen LogP contribution in [-0.2, 0) is 21.2 Å². The van der Waals surface area contributed by atoms with Crippen molar-refractivity contribution in [1.82, 2.24) is 0 Å². The number of halogens is 1. The number of hydrogen-bond acceptors (Lipinski definition) is 6. The molecule has 214 valence electrons. The fraction of sp³-hybridized carbons (Fsp3) is 0.387. The van der Waals surface area contributed by atoms with Gasteiger partial charge in [-0.15, -0.1) is 0 Å². The third-order valence-corrected chi connectivity index (χ3v) is 8.69. The Morgan fingerprint density at radius 1 is 1.00 bits per heavy atom. The van der Waals surface area contributed by atoms with Crippen LogP contribution in [0.1, 0.15) is 47.4 Å². The van der Waals surface area contributed by atoms with Gasteiger partial charge < -0.3 is 19.3 Å². The highest BCUT2D eigenvalue weighted by molar-refractivity contribution is 7.91. The van der Waals surface area contributed by atoms with Crippen molar-refractivity contribution in [3.8, 4) is 28.4 Å². The van der Waals surface area contributed by atoms with Crippen LogP contribution in [0.4, 0.5) is 4.39 Å². The van der Waals surface area contributed by atoms with E-state index < -0.39 is 22.5 Å². The Kier molecular flexibility index (Phi) is 9.68. The minimum Gasteiger partial charge on any atom is -0.494 e. The lowest BCUT2D eigenvalue weighted by atomic mass is 9.94. The maximum Gasteiger partial charge on any atom is 0.304 e. The lowest BCUT2D eigenvalue weighted by molar-refractivity contribution is -0.137. The van der Waals surface area contributed by atoms with Crippen molar-refractivity contribution >= 4 is 15.8 Å². The molecule has 9 heteroatoms. The minimum atomic E-state index is -3.25. The number of fused-ring (bicyclic) bond motifs is 1. The highest BCUT2D eigenvalue weighted by Gasteiger charge is 2.26. The van der Waals surface area contributed by atoms with Gasteiger partial charge in [0.05, 0.1) is 37.8 Å². The Bertz CT molecular complexity index is 1430. The van der Waals surface area contributed by atoms with E-state index in [2.05, 4.69) is 6.07 Å². The maximum absolute atomic E-state index is 12.3. The van der Waals surface area contributed by atoms with E-state index >= 15 is 0 Å². The fourth-order valence-corrected chi connectivity index (χ4v) is 6.33. The van der Waals surface area contributed by atoms with E-state index in [1.807, 2.05) is 62.4 Å². The molecule has 0 saturated heterocycles. The lowest BCUT2D eigenvalue weighted by Gasteiger charge is -2.15. The molecule has 1 aliphatic rings. The molecule has 0 unspecified atom stereocenters. The zero-order valence-corrected chi connectivity index (χ0v) is 23.6. The molecule has 1 N–H and O–H groups in total. The van der Waals surface area contributed by atoms with E-state index in [4.69, 9.17) is 19.3 Å². The fourth-order valence-electron chi connectivity index (χ4n) is 5.02. The van der Waals surface area contributed by atoms with Gasteiger partial charge in [-0.1, -0.05) is 24.3 Å². The van der Waals surface area contributed by atoms with Gasteiger partial charge in [0, 0.05) is 17.5 Å². The largest absolute Gasteiger partial charge is 0.494 e. The van der Waals surface area contributed by atoms with E-state index in [9.17, 15) is 17.6 Å². The van der Waals surface area contributed by atoms with E-state index in [1.54, 1.807) is 0 Å². The van der Waals surface area contributed by atoms with Gasteiger partial charge in [0.25, 0.3) is 0 Å². The summed E-state index contributed by atoms with van der Waals surface area (Å²) in [6.07, 6.45) is 0.435. The molecular weight excluding hydrogens is 535 g/mol. The van der Waals surface area contributed by atoms with Crippen LogP contribution in [0.25, 0.3) is 11.1 Å². The highest BCUT2D eigenvalue weighted by atomic mass is 32.2. The number of sulfone groups is 1. The van der Waals surface area contributed by atoms with Gasteiger partial charge in [-0.3, -0.25) is 9.18 Å². The number of ether oxygens (including phenoxy) is 3. The number of aryl methyl sites for hydroxylation is 2. The van der Waals surface area contributed by atoms with E-state index in [-0.39, 0.29) is 36.9 Å². The molecule has 0 amide bonds. The molecule has 1 atom stereocenters. The van der Waals surface area contributed by atoms with Gasteiger partial charge in [-0.25, -0.2) is 8.42 Å². The molecule has 3 aromatic rings. The molecule has 1 heterocycles. The van der Waals surface area contributed by atoms with Crippen LogP contribution in [0.2, 0.25) is 0 Å². The quantitative estimate of drug-likeness (QED) is 0.236. The summed E-state index contributed by atoms with van der Waals surface area (Å²) in [5.41, 5.74) is 6.11. The average Bonchev–Trinajstić information content (AvgIpc) is 3.30. The summed E-state index contributed by atoms with van der Waals surface area (Å²) in [5.74, 6) is 0.886. The molecule has 0 aliphatic carbocycles. The number of carboxylic acid groups (broad SMARTS) is 1. The van der Waals surface area contributed by atoms with Crippen LogP contribution in [0.15, 0.2) is 54.6 Å². The number of carboxylic acids is 1. The Hall–Kier alpha value is -3.59. The smallest absolute Gasteiger partial charge is 0.304 e. The Morgan fingerprint density at radius 2 is 1.75 bits per heavy atom. The monoisotopic (exact) mass is 570 g/mol. The summed E-state index contributed by atoms with van der Waals surface area (Å²) in [6, 6.07) is 17.6. The molecule has 7 nitrogen and oxygen atoms in total. The van der Waals surface area contributed by atoms with Crippen molar-refractivity contribution < 1.29 is 36.9 Å². The summed E-state index contributed by atoms with van der Waals surface area (Å²) < 4.78 is 53.6.